The molecule has 1 rings (SSSR count). The molecule has 0 saturated heterocycles. The van der Waals surface area contributed by atoms with Crippen molar-refractivity contribution in [2.45, 2.75) is 12.5 Å². The topological polar surface area (TPSA) is 23.5 Å². The summed E-state index contributed by atoms with van der Waals surface area (Å²) in [7, 11) is 3.85. The van der Waals surface area contributed by atoms with Gasteiger partial charge in [-0.25, -0.2) is 4.39 Å². The summed E-state index contributed by atoms with van der Waals surface area (Å²) in [5, 5.41) is 9.68. The zero-order chi connectivity index (χ0) is 10.6. The summed E-state index contributed by atoms with van der Waals surface area (Å²) in [6, 6.07) is 6.35. The summed E-state index contributed by atoms with van der Waals surface area (Å²) in [6.07, 6.45) is -0.160. The van der Waals surface area contributed by atoms with Gasteiger partial charge in [-0.15, -0.1) is 0 Å². The summed E-state index contributed by atoms with van der Waals surface area (Å²) >= 11 is 0. The molecule has 0 aliphatic heterocycles. The Morgan fingerprint density at radius 2 is 2.00 bits per heavy atom. The molecule has 0 radical (unpaired) electrons. The minimum absolute atomic E-state index is 0.334. The van der Waals surface area contributed by atoms with E-state index in [1.807, 2.05) is 19.0 Å². The summed E-state index contributed by atoms with van der Waals surface area (Å²) in [6.45, 7) is 0.746. The molecule has 1 aromatic rings. The van der Waals surface area contributed by atoms with Crippen LogP contribution in [-0.2, 0) is 0 Å². The predicted octanol–water partition coefficient (Wildman–Crippen LogP) is 1.81. The maximum atomic E-state index is 13.2. The number of hydrogen-bond donors (Lipinski definition) is 1. The van der Waals surface area contributed by atoms with Crippen LogP contribution in [0.4, 0.5) is 4.39 Å². The van der Waals surface area contributed by atoms with Crippen LogP contribution in [-0.4, -0.2) is 30.6 Å². The molecule has 14 heavy (non-hydrogen) atoms. The van der Waals surface area contributed by atoms with Crippen LogP contribution in [0.25, 0.3) is 0 Å². The zero-order valence-electron chi connectivity index (χ0n) is 8.57. The Balaban J connectivity index is 2.60. The van der Waals surface area contributed by atoms with Gasteiger partial charge in [-0.3, -0.25) is 0 Å². The predicted molar refractivity (Wildman–Crippen MR) is 54.5 cm³/mol. The van der Waals surface area contributed by atoms with E-state index in [0.29, 0.717) is 12.0 Å². The second kappa shape index (κ2) is 5.08. The number of benzene rings is 1. The van der Waals surface area contributed by atoms with E-state index in [1.165, 1.54) is 6.07 Å². The van der Waals surface area contributed by atoms with Crippen molar-refractivity contribution < 1.29 is 9.50 Å². The molecule has 0 fully saturated rings. The smallest absolute Gasteiger partial charge is 0.128 e. The van der Waals surface area contributed by atoms with Gasteiger partial charge < -0.3 is 10.0 Å². The molecule has 1 atom stereocenters. The van der Waals surface area contributed by atoms with Gasteiger partial charge in [-0.1, -0.05) is 18.2 Å². The first kappa shape index (κ1) is 11.1. The van der Waals surface area contributed by atoms with Crippen LogP contribution in [0, 0.1) is 5.82 Å². The van der Waals surface area contributed by atoms with Gasteiger partial charge >= 0.3 is 0 Å². The summed E-state index contributed by atoms with van der Waals surface area (Å²) in [5.74, 6) is -0.334. The third-order valence-electron chi connectivity index (χ3n) is 2.11. The number of halogens is 1. The molecule has 0 aliphatic carbocycles. The van der Waals surface area contributed by atoms with Crippen molar-refractivity contribution >= 4 is 0 Å². The van der Waals surface area contributed by atoms with Crippen LogP contribution in [0.5, 0.6) is 0 Å². The highest BCUT2D eigenvalue weighted by Gasteiger charge is 2.11. The molecule has 0 spiro atoms. The number of aliphatic hydroxyl groups excluding tert-OH is 1. The fourth-order valence-electron chi connectivity index (χ4n) is 1.28. The monoisotopic (exact) mass is 197 g/mol. The van der Waals surface area contributed by atoms with Crippen LogP contribution in [0.2, 0.25) is 0 Å². The fraction of sp³-hybridized carbons (Fsp3) is 0.455. The molecule has 0 bridgehead atoms. The van der Waals surface area contributed by atoms with E-state index in [1.54, 1.807) is 18.2 Å². The van der Waals surface area contributed by atoms with Crippen molar-refractivity contribution in [3.63, 3.8) is 0 Å². The van der Waals surface area contributed by atoms with E-state index >= 15 is 0 Å². The number of nitrogens with zero attached hydrogens (tertiary/aromatic N) is 1. The molecule has 0 heterocycles. The highest BCUT2D eigenvalue weighted by molar-refractivity contribution is 5.19. The maximum Gasteiger partial charge on any atom is 0.128 e. The van der Waals surface area contributed by atoms with Crippen molar-refractivity contribution in [3.8, 4) is 0 Å². The van der Waals surface area contributed by atoms with Gasteiger partial charge in [0.15, 0.2) is 0 Å². The molecule has 3 heteroatoms. The van der Waals surface area contributed by atoms with Crippen molar-refractivity contribution in [3.05, 3.63) is 35.6 Å². The Bertz CT molecular complexity index is 288. The molecule has 2 nitrogen and oxygen atoms in total. The van der Waals surface area contributed by atoms with Gasteiger partial charge in [-0.05, 0) is 26.6 Å². The minimum atomic E-state index is -0.710. The van der Waals surface area contributed by atoms with Crippen LogP contribution in [0.15, 0.2) is 24.3 Å². The maximum absolute atomic E-state index is 13.2. The van der Waals surface area contributed by atoms with Crippen LogP contribution in [0.1, 0.15) is 18.1 Å². The lowest BCUT2D eigenvalue weighted by Crippen LogP contribution is -2.16. The van der Waals surface area contributed by atoms with Crippen LogP contribution in [0.3, 0.4) is 0 Å². The van der Waals surface area contributed by atoms with Gasteiger partial charge in [0.2, 0.25) is 0 Å². The molecule has 1 unspecified atom stereocenters. The molecule has 0 aromatic heterocycles. The first-order chi connectivity index (χ1) is 6.61. The standard InChI is InChI=1S/C11H16FNO/c1-13(2)8-7-11(14)9-5-3-4-6-10(9)12/h3-6,11,14H,7-8H2,1-2H3. The second-order valence-electron chi connectivity index (χ2n) is 3.63. The Morgan fingerprint density at radius 1 is 1.36 bits per heavy atom. The van der Waals surface area contributed by atoms with E-state index < -0.39 is 6.10 Å². The summed E-state index contributed by atoms with van der Waals surface area (Å²) < 4.78 is 13.2. The third-order valence-corrected chi connectivity index (χ3v) is 2.11. The first-order valence-electron chi connectivity index (χ1n) is 4.68. The minimum Gasteiger partial charge on any atom is -0.388 e. The Labute approximate surface area is 84.0 Å². The van der Waals surface area contributed by atoms with Gasteiger partial charge in [-0.2, -0.15) is 0 Å². The van der Waals surface area contributed by atoms with E-state index in [2.05, 4.69) is 0 Å². The highest BCUT2D eigenvalue weighted by atomic mass is 19.1. The van der Waals surface area contributed by atoms with Crippen molar-refractivity contribution in [2.75, 3.05) is 20.6 Å². The van der Waals surface area contributed by atoms with Gasteiger partial charge in [0.05, 0.1) is 6.10 Å². The molecule has 0 aliphatic rings. The molecule has 0 amide bonds. The quantitative estimate of drug-likeness (QED) is 0.795. The third kappa shape index (κ3) is 3.09. The van der Waals surface area contributed by atoms with Crippen molar-refractivity contribution in [1.29, 1.82) is 0 Å². The van der Waals surface area contributed by atoms with E-state index in [0.717, 1.165) is 6.54 Å². The normalized spacial score (nSPS) is 13.2. The number of rotatable bonds is 4. The molecule has 1 N–H and O–H groups in total. The molecule has 0 saturated carbocycles. The van der Waals surface area contributed by atoms with Crippen molar-refractivity contribution in [2.24, 2.45) is 0 Å². The van der Waals surface area contributed by atoms with E-state index in [-0.39, 0.29) is 5.82 Å². The lowest BCUT2D eigenvalue weighted by molar-refractivity contribution is 0.150. The average Bonchev–Trinajstić information content (AvgIpc) is 2.15. The van der Waals surface area contributed by atoms with Crippen LogP contribution >= 0.6 is 0 Å². The number of aliphatic hydroxyl groups is 1. The second-order valence-corrected chi connectivity index (χ2v) is 3.63. The molecular formula is C11H16FNO. The summed E-state index contributed by atoms with van der Waals surface area (Å²) in [4.78, 5) is 1.96. The van der Waals surface area contributed by atoms with Gasteiger partial charge in [0.25, 0.3) is 0 Å². The fourth-order valence-corrected chi connectivity index (χ4v) is 1.28. The molecular weight excluding hydrogens is 181 g/mol. The lowest BCUT2D eigenvalue weighted by Gasteiger charge is -2.14. The first-order valence-corrected chi connectivity index (χ1v) is 4.68. The van der Waals surface area contributed by atoms with Crippen LogP contribution < -0.4 is 0 Å². The Hall–Kier alpha value is -0.930. The molecule has 78 valence electrons. The summed E-state index contributed by atoms with van der Waals surface area (Å²) in [5.41, 5.74) is 0.384. The largest absolute Gasteiger partial charge is 0.388 e. The lowest BCUT2D eigenvalue weighted by atomic mass is 10.1. The Kier molecular flexibility index (Phi) is 4.04. The average molecular weight is 197 g/mol. The number of hydrogen-bond acceptors (Lipinski definition) is 2. The van der Waals surface area contributed by atoms with Gasteiger partial charge in [0.1, 0.15) is 5.82 Å². The SMILES string of the molecule is CN(C)CCC(O)c1ccccc1F. The van der Waals surface area contributed by atoms with E-state index in [9.17, 15) is 9.50 Å². The Morgan fingerprint density at radius 3 is 2.57 bits per heavy atom. The molecule has 1 aromatic carbocycles. The zero-order valence-corrected chi connectivity index (χ0v) is 8.57. The van der Waals surface area contributed by atoms with E-state index in [4.69, 9.17) is 0 Å². The van der Waals surface area contributed by atoms with Crippen molar-refractivity contribution in [1.82, 2.24) is 4.90 Å². The highest BCUT2D eigenvalue weighted by Crippen LogP contribution is 2.19. The van der Waals surface area contributed by atoms with Gasteiger partial charge in [0, 0.05) is 12.1 Å².